The van der Waals surface area contributed by atoms with Gasteiger partial charge in [0, 0.05) is 10.9 Å². The van der Waals surface area contributed by atoms with E-state index in [2.05, 4.69) is 15.0 Å². The minimum Gasteiger partial charge on any atom is -0.305 e. The maximum absolute atomic E-state index is 11.7. The van der Waals surface area contributed by atoms with E-state index in [1.807, 2.05) is 37.3 Å². The first-order valence-electron chi connectivity index (χ1n) is 6.26. The van der Waals surface area contributed by atoms with Crippen molar-refractivity contribution in [3.8, 4) is 11.4 Å². The highest BCUT2D eigenvalue weighted by molar-refractivity contribution is 5.84. The molecule has 2 N–H and O–H groups in total. The summed E-state index contributed by atoms with van der Waals surface area (Å²) in [7, 11) is 0. The van der Waals surface area contributed by atoms with Gasteiger partial charge in [-0.2, -0.15) is 0 Å². The average molecular weight is 267 g/mol. The largest absolute Gasteiger partial charge is 0.326 e. The molecule has 0 saturated heterocycles. The molecule has 100 valence electrons. The Balaban J connectivity index is 2.36. The lowest BCUT2D eigenvalue weighted by atomic mass is 10.1. The maximum atomic E-state index is 11.7. The van der Waals surface area contributed by atoms with Crippen molar-refractivity contribution in [2.75, 3.05) is 0 Å². The Morgan fingerprint density at radius 3 is 2.60 bits per heavy atom. The first kappa shape index (κ1) is 12.3. The van der Waals surface area contributed by atoms with Gasteiger partial charge in [-0.15, -0.1) is 0 Å². The summed E-state index contributed by atoms with van der Waals surface area (Å²) in [5, 5.41) is 1.06. The van der Waals surface area contributed by atoms with Crippen molar-refractivity contribution in [2.45, 2.75) is 13.8 Å². The van der Waals surface area contributed by atoms with E-state index >= 15 is 0 Å². The molecule has 5 heteroatoms. The second-order valence-corrected chi connectivity index (χ2v) is 4.75. The number of H-pyrrole nitrogens is 2. The van der Waals surface area contributed by atoms with E-state index < -0.39 is 11.2 Å². The molecule has 0 aliphatic carbocycles. The SMILES string of the molecule is Cc1c(-c2cc(C)c3ccccc3n2)[nH]c(=O)[nH]c1=O. The highest BCUT2D eigenvalue weighted by atomic mass is 16.2. The van der Waals surface area contributed by atoms with Gasteiger partial charge < -0.3 is 4.98 Å². The fourth-order valence-corrected chi connectivity index (χ4v) is 2.28. The van der Waals surface area contributed by atoms with Gasteiger partial charge in [0.1, 0.15) is 0 Å². The number of hydrogen-bond acceptors (Lipinski definition) is 3. The van der Waals surface area contributed by atoms with Gasteiger partial charge in [-0.1, -0.05) is 18.2 Å². The van der Waals surface area contributed by atoms with E-state index in [1.165, 1.54) is 0 Å². The van der Waals surface area contributed by atoms with Crippen LogP contribution in [0, 0.1) is 13.8 Å². The number of nitrogens with zero attached hydrogens (tertiary/aromatic N) is 1. The van der Waals surface area contributed by atoms with Crippen LogP contribution in [-0.2, 0) is 0 Å². The van der Waals surface area contributed by atoms with E-state index in [4.69, 9.17) is 0 Å². The third-order valence-corrected chi connectivity index (χ3v) is 3.36. The fraction of sp³-hybridized carbons (Fsp3) is 0.133. The average Bonchev–Trinajstić information content (AvgIpc) is 2.43. The van der Waals surface area contributed by atoms with E-state index in [9.17, 15) is 9.59 Å². The standard InChI is InChI=1S/C15H13N3O2/c1-8-7-12(16-11-6-4-3-5-10(8)11)13-9(2)14(19)18-15(20)17-13/h3-7H,1-2H3,(H2,17,18,19,20). The topological polar surface area (TPSA) is 78.6 Å². The number of fused-ring (bicyclic) bond motifs is 1. The molecule has 0 fully saturated rings. The summed E-state index contributed by atoms with van der Waals surface area (Å²) in [6, 6.07) is 9.64. The molecule has 0 bridgehead atoms. The molecule has 2 aromatic heterocycles. The molecule has 0 amide bonds. The van der Waals surface area contributed by atoms with Crippen molar-refractivity contribution in [3.05, 3.63) is 62.3 Å². The van der Waals surface area contributed by atoms with Gasteiger partial charge in [0.25, 0.3) is 5.56 Å². The van der Waals surface area contributed by atoms with Crippen molar-refractivity contribution >= 4 is 10.9 Å². The zero-order chi connectivity index (χ0) is 14.3. The zero-order valence-corrected chi connectivity index (χ0v) is 11.2. The number of benzene rings is 1. The Kier molecular flexibility index (Phi) is 2.75. The van der Waals surface area contributed by atoms with Gasteiger partial charge in [0.2, 0.25) is 0 Å². The number of aromatic nitrogens is 3. The zero-order valence-electron chi connectivity index (χ0n) is 11.2. The number of hydrogen-bond donors (Lipinski definition) is 2. The molecule has 2 heterocycles. The van der Waals surface area contributed by atoms with Crippen molar-refractivity contribution in [2.24, 2.45) is 0 Å². The fourth-order valence-electron chi connectivity index (χ4n) is 2.28. The van der Waals surface area contributed by atoms with Crippen molar-refractivity contribution in [3.63, 3.8) is 0 Å². The van der Waals surface area contributed by atoms with Crippen molar-refractivity contribution in [1.82, 2.24) is 15.0 Å². The summed E-state index contributed by atoms with van der Waals surface area (Å²) < 4.78 is 0. The molecule has 3 aromatic rings. The number of aromatic amines is 2. The predicted molar refractivity (Wildman–Crippen MR) is 77.9 cm³/mol. The summed E-state index contributed by atoms with van der Waals surface area (Å²) in [4.78, 5) is 32.5. The van der Waals surface area contributed by atoms with E-state index in [0.29, 0.717) is 17.0 Å². The van der Waals surface area contributed by atoms with Crippen LogP contribution in [0.5, 0.6) is 0 Å². The Labute approximate surface area is 114 Å². The molecule has 0 atom stereocenters. The predicted octanol–water partition coefficient (Wildman–Crippen LogP) is 1.90. The Morgan fingerprint density at radius 1 is 1.05 bits per heavy atom. The maximum Gasteiger partial charge on any atom is 0.326 e. The summed E-state index contributed by atoms with van der Waals surface area (Å²) in [6.45, 7) is 3.64. The molecule has 3 rings (SSSR count). The lowest BCUT2D eigenvalue weighted by molar-refractivity contribution is 1.01. The molecule has 0 aliphatic rings. The van der Waals surface area contributed by atoms with Gasteiger partial charge in [0.15, 0.2) is 0 Å². The van der Waals surface area contributed by atoms with E-state index in [0.717, 1.165) is 16.5 Å². The lowest BCUT2D eigenvalue weighted by Crippen LogP contribution is -2.25. The van der Waals surface area contributed by atoms with Gasteiger partial charge in [0.05, 0.1) is 16.9 Å². The van der Waals surface area contributed by atoms with Crippen molar-refractivity contribution in [1.29, 1.82) is 0 Å². The van der Waals surface area contributed by atoms with Crippen LogP contribution >= 0.6 is 0 Å². The summed E-state index contributed by atoms with van der Waals surface area (Å²) >= 11 is 0. The Hall–Kier alpha value is -2.69. The van der Waals surface area contributed by atoms with Gasteiger partial charge in [-0.05, 0) is 31.5 Å². The number of para-hydroxylation sites is 1. The molecular formula is C15H13N3O2. The van der Waals surface area contributed by atoms with Gasteiger partial charge in [-0.3, -0.25) is 9.78 Å². The monoisotopic (exact) mass is 267 g/mol. The van der Waals surface area contributed by atoms with Crippen LogP contribution in [0.3, 0.4) is 0 Å². The van der Waals surface area contributed by atoms with Crippen LogP contribution in [0.4, 0.5) is 0 Å². The third kappa shape index (κ3) is 1.93. The van der Waals surface area contributed by atoms with Crippen LogP contribution in [0.1, 0.15) is 11.1 Å². The summed E-state index contributed by atoms with van der Waals surface area (Å²) in [6.07, 6.45) is 0. The minimum atomic E-state index is -0.525. The first-order chi connectivity index (χ1) is 9.56. The molecule has 0 radical (unpaired) electrons. The van der Waals surface area contributed by atoms with Crippen LogP contribution in [0.15, 0.2) is 39.9 Å². The van der Waals surface area contributed by atoms with Gasteiger partial charge >= 0.3 is 5.69 Å². The third-order valence-electron chi connectivity index (χ3n) is 3.36. The summed E-state index contributed by atoms with van der Waals surface area (Å²) in [5.41, 5.74) is 2.48. The van der Waals surface area contributed by atoms with Crippen molar-refractivity contribution < 1.29 is 0 Å². The Morgan fingerprint density at radius 2 is 1.80 bits per heavy atom. The van der Waals surface area contributed by atoms with Crippen LogP contribution in [-0.4, -0.2) is 15.0 Å². The van der Waals surface area contributed by atoms with E-state index in [1.54, 1.807) is 6.92 Å². The lowest BCUT2D eigenvalue weighted by Gasteiger charge is -2.08. The quantitative estimate of drug-likeness (QED) is 0.706. The molecule has 0 unspecified atom stereocenters. The minimum absolute atomic E-state index is 0.392. The second kappa shape index (κ2) is 4.45. The van der Waals surface area contributed by atoms with Gasteiger partial charge in [-0.25, -0.2) is 9.78 Å². The number of nitrogens with one attached hydrogen (secondary N) is 2. The Bertz CT molecular complexity index is 922. The number of pyridine rings is 1. The number of rotatable bonds is 1. The molecule has 20 heavy (non-hydrogen) atoms. The molecule has 5 nitrogen and oxygen atoms in total. The van der Waals surface area contributed by atoms with Crippen LogP contribution < -0.4 is 11.2 Å². The summed E-state index contributed by atoms with van der Waals surface area (Å²) in [5.74, 6) is 0. The number of aryl methyl sites for hydroxylation is 1. The van der Waals surface area contributed by atoms with E-state index in [-0.39, 0.29) is 0 Å². The normalized spacial score (nSPS) is 10.9. The molecule has 0 spiro atoms. The molecular weight excluding hydrogens is 254 g/mol. The highest BCUT2D eigenvalue weighted by Gasteiger charge is 2.10. The second-order valence-electron chi connectivity index (χ2n) is 4.75. The first-order valence-corrected chi connectivity index (χ1v) is 6.26. The molecule has 1 aromatic carbocycles. The smallest absolute Gasteiger partial charge is 0.305 e. The van der Waals surface area contributed by atoms with Crippen LogP contribution in [0.25, 0.3) is 22.3 Å². The molecule has 0 aliphatic heterocycles. The highest BCUT2D eigenvalue weighted by Crippen LogP contribution is 2.23. The van der Waals surface area contributed by atoms with Crippen LogP contribution in [0.2, 0.25) is 0 Å². The molecule has 0 saturated carbocycles.